The van der Waals surface area contributed by atoms with Crippen LogP contribution in [-0.2, 0) is 0 Å². The lowest BCUT2D eigenvalue weighted by atomic mass is 10.1. The molecule has 2 aromatic carbocycles. The van der Waals surface area contributed by atoms with Crippen LogP contribution < -0.4 is 14.2 Å². The molecule has 0 atom stereocenters. The summed E-state index contributed by atoms with van der Waals surface area (Å²) in [6.45, 7) is 0. The van der Waals surface area contributed by atoms with E-state index in [1.165, 1.54) is 0 Å². The van der Waals surface area contributed by atoms with E-state index in [1.807, 2.05) is 36.4 Å². The van der Waals surface area contributed by atoms with Crippen molar-refractivity contribution >= 4 is 21.4 Å². The molecule has 3 rings (SSSR count). The second kappa shape index (κ2) is 6.19. The van der Waals surface area contributed by atoms with Crippen LogP contribution in [0.15, 0.2) is 36.4 Å². The molecule has 116 valence electrons. The van der Waals surface area contributed by atoms with Crippen LogP contribution in [0.5, 0.6) is 17.2 Å². The van der Waals surface area contributed by atoms with Gasteiger partial charge >= 0.3 is 0 Å². The van der Waals surface area contributed by atoms with E-state index in [-0.39, 0.29) is 0 Å². The van der Waals surface area contributed by atoms with Gasteiger partial charge in [0, 0.05) is 16.2 Å². The number of hydrogen-bond donors (Lipinski definition) is 0. The highest BCUT2D eigenvalue weighted by molar-refractivity contribution is 7.22. The molecule has 0 radical (unpaired) electrons. The number of nitriles is 1. The zero-order chi connectivity index (χ0) is 16.4. The Morgan fingerprint density at radius 2 is 1.70 bits per heavy atom. The van der Waals surface area contributed by atoms with Crippen molar-refractivity contribution in [1.82, 2.24) is 0 Å². The van der Waals surface area contributed by atoms with Crippen molar-refractivity contribution in [3.63, 3.8) is 0 Å². The Morgan fingerprint density at radius 1 is 0.957 bits per heavy atom. The Morgan fingerprint density at radius 3 is 2.35 bits per heavy atom. The molecule has 0 saturated heterocycles. The third-order valence-corrected chi connectivity index (χ3v) is 4.84. The highest BCUT2D eigenvalue weighted by Gasteiger charge is 2.17. The summed E-state index contributed by atoms with van der Waals surface area (Å²) < 4.78 is 17.0. The zero-order valence-electron chi connectivity index (χ0n) is 13.0. The molecular weight excluding hydrogens is 310 g/mol. The van der Waals surface area contributed by atoms with Crippen LogP contribution in [0.25, 0.3) is 20.5 Å². The maximum Gasteiger partial charge on any atom is 0.162 e. The molecule has 0 aliphatic rings. The second-order valence-corrected chi connectivity index (χ2v) is 5.91. The first kappa shape index (κ1) is 15.2. The van der Waals surface area contributed by atoms with E-state index < -0.39 is 0 Å². The van der Waals surface area contributed by atoms with Crippen molar-refractivity contribution in [2.24, 2.45) is 0 Å². The predicted octanol–water partition coefficient (Wildman–Crippen LogP) is 4.47. The molecular formula is C18H15NO3S. The number of methoxy groups -OCH3 is 3. The predicted molar refractivity (Wildman–Crippen MR) is 91.6 cm³/mol. The van der Waals surface area contributed by atoms with Gasteiger partial charge in [0.25, 0.3) is 0 Å². The van der Waals surface area contributed by atoms with Gasteiger partial charge in [-0.25, -0.2) is 0 Å². The van der Waals surface area contributed by atoms with E-state index in [4.69, 9.17) is 14.2 Å². The highest BCUT2D eigenvalue weighted by Crippen LogP contribution is 2.43. The molecule has 4 nitrogen and oxygen atoms in total. The molecule has 1 aromatic heterocycles. The molecule has 0 spiro atoms. The van der Waals surface area contributed by atoms with E-state index in [2.05, 4.69) is 6.07 Å². The number of fused-ring (bicyclic) bond motifs is 1. The summed E-state index contributed by atoms with van der Waals surface area (Å²) >= 11 is 1.56. The minimum atomic E-state index is 0.617. The summed E-state index contributed by atoms with van der Waals surface area (Å²) in [5.41, 5.74) is 1.60. The first-order valence-corrected chi connectivity index (χ1v) is 7.76. The molecule has 0 aliphatic heterocycles. The van der Waals surface area contributed by atoms with Crippen LogP contribution >= 0.6 is 11.3 Å². The Bertz CT molecular complexity index is 909. The SMILES string of the molecule is COc1cccc(-c2sc3cc(OC)c(OC)cc3c2C#N)c1. The van der Waals surface area contributed by atoms with E-state index in [1.54, 1.807) is 32.7 Å². The van der Waals surface area contributed by atoms with E-state index in [0.29, 0.717) is 17.1 Å². The van der Waals surface area contributed by atoms with Gasteiger partial charge in [0.1, 0.15) is 11.8 Å². The Balaban J connectivity index is 2.27. The zero-order valence-corrected chi connectivity index (χ0v) is 13.9. The molecule has 0 N–H and O–H groups in total. The number of ether oxygens (including phenoxy) is 3. The summed E-state index contributed by atoms with van der Waals surface area (Å²) in [4.78, 5) is 0.914. The summed E-state index contributed by atoms with van der Waals surface area (Å²) in [6, 6.07) is 13.8. The molecule has 0 bridgehead atoms. The van der Waals surface area contributed by atoms with Gasteiger partial charge in [0.05, 0.1) is 31.8 Å². The third kappa shape index (κ3) is 2.58. The first-order valence-electron chi connectivity index (χ1n) is 6.95. The van der Waals surface area contributed by atoms with Gasteiger partial charge in [0.15, 0.2) is 11.5 Å². The van der Waals surface area contributed by atoms with Crippen molar-refractivity contribution in [3.8, 4) is 33.8 Å². The van der Waals surface area contributed by atoms with Crippen LogP contribution in [0, 0.1) is 11.3 Å². The molecule has 0 unspecified atom stereocenters. The number of hydrogen-bond acceptors (Lipinski definition) is 5. The molecule has 0 aliphatic carbocycles. The van der Waals surface area contributed by atoms with Crippen molar-refractivity contribution < 1.29 is 14.2 Å². The quantitative estimate of drug-likeness (QED) is 0.710. The standard InChI is InChI=1S/C18H15NO3S/c1-20-12-6-4-5-11(7-12)18-14(10-19)13-8-15(21-2)16(22-3)9-17(13)23-18/h4-9H,1-3H3. The Hall–Kier alpha value is -2.71. The fourth-order valence-electron chi connectivity index (χ4n) is 2.50. The fourth-order valence-corrected chi connectivity index (χ4v) is 3.66. The van der Waals surface area contributed by atoms with Gasteiger partial charge in [-0.15, -0.1) is 11.3 Å². The van der Waals surface area contributed by atoms with Crippen molar-refractivity contribution in [2.75, 3.05) is 21.3 Å². The number of thiophene rings is 1. The minimum Gasteiger partial charge on any atom is -0.497 e. The highest BCUT2D eigenvalue weighted by atomic mass is 32.1. The molecule has 1 heterocycles. The average Bonchev–Trinajstić information content (AvgIpc) is 2.97. The maximum absolute atomic E-state index is 9.64. The van der Waals surface area contributed by atoms with Crippen molar-refractivity contribution in [2.45, 2.75) is 0 Å². The fraction of sp³-hybridized carbons (Fsp3) is 0.167. The van der Waals surface area contributed by atoms with E-state index >= 15 is 0 Å². The van der Waals surface area contributed by atoms with Crippen LogP contribution in [0.4, 0.5) is 0 Å². The maximum atomic E-state index is 9.64. The van der Waals surface area contributed by atoms with Crippen molar-refractivity contribution in [1.29, 1.82) is 5.26 Å². The topological polar surface area (TPSA) is 51.5 Å². The summed E-state index contributed by atoms with van der Waals surface area (Å²) in [7, 11) is 4.82. The molecule has 3 aromatic rings. The monoisotopic (exact) mass is 325 g/mol. The Kier molecular flexibility index (Phi) is 4.09. The van der Waals surface area contributed by atoms with Crippen molar-refractivity contribution in [3.05, 3.63) is 42.0 Å². The van der Waals surface area contributed by atoms with Gasteiger partial charge < -0.3 is 14.2 Å². The van der Waals surface area contributed by atoms with E-state index in [9.17, 15) is 5.26 Å². The van der Waals surface area contributed by atoms with Gasteiger partial charge in [-0.05, 0) is 23.8 Å². The van der Waals surface area contributed by atoms with Crippen LogP contribution in [0.1, 0.15) is 5.56 Å². The molecule has 0 amide bonds. The lowest BCUT2D eigenvalue weighted by Crippen LogP contribution is -1.89. The number of benzene rings is 2. The van der Waals surface area contributed by atoms with Gasteiger partial charge in [-0.2, -0.15) is 5.26 Å². The van der Waals surface area contributed by atoms with Gasteiger partial charge in [0.2, 0.25) is 0 Å². The second-order valence-electron chi connectivity index (χ2n) is 4.85. The number of nitrogens with zero attached hydrogens (tertiary/aromatic N) is 1. The smallest absolute Gasteiger partial charge is 0.162 e. The van der Waals surface area contributed by atoms with E-state index in [0.717, 1.165) is 26.3 Å². The van der Waals surface area contributed by atoms with Gasteiger partial charge in [-0.3, -0.25) is 0 Å². The van der Waals surface area contributed by atoms with Crippen LogP contribution in [0.2, 0.25) is 0 Å². The molecule has 5 heteroatoms. The average molecular weight is 325 g/mol. The summed E-state index contributed by atoms with van der Waals surface area (Å²) in [5, 5.41) is 10.5. The van der Waals surface area contributed by atoms with Crippen LogP contribution in [0.3, 0.4) is 0 Å². The van der Waals surface area contributed by atoms with Crippen LogP contribution in [-0.4, -0.2) is 21.3 Å². The number of rotatable bonds is 4. The molecule has 0 fully saturated rings. The summed E-state index contributed by atoms with van der Waals surface area (Å²) in [6.07, 6.45) is 0. The normalized spacial score (nSPS) is 10.3. The molecule has 0 saturated carbocycles. The minimum absolute atomic E-state index is 0.617. The largest absolute Gasteiger partial charge is 0.497 e. The molecule has 23 heavy (non-hydrogen) atoms. The third-order valence-electron chi connectivity index (χ3n) is 3.64. The lowest BCUT2D eigenvalue weighted by molar-refractivity contribution is 0.356. The van der Waals surface area contributed by atoms with Gasteiger partial charge in [-0.1, -0.05) is 12.1 Å². The summed E-state index contributed by atoms with van der Waals surface area (Å²) in [5.74, 6) is 2.04. The Labute approximate surface area is 138 Å². The lowest BCUT2D eigenvalue weighted by Gasteiger charge is -2.06. The first-order chi connectivity index (χ1) is 11.2.